The summed E-state index contributed by atoms with van der Waals surface area (Å²) in [6.45, 7) is 3.38. The number of halogens is 4. The lowest BCUT2D eigenvalue weighted by Crippen LogP contribution is -2.60. The number of fused-ring (bicyclic) bond motifs is 3. The Balaban J connectivity index is 0.000000338. The standard InChI is InChI=1S/C12H19N4O2.BF4/c1-17-11-13-10(14-12(15-11)18-2)16-6-3-9(4-7-16)5-8-16;2-1(3,4)5/h9H,3-8H2,1-2H3;/q+1;-1. The van der Waals surface area contributed by atoms with E-state index in [4.69, 9.17) is 9.47 Å². The number of hydrogen-bond acceptors (Lipinski definition) is 5. The van der Waals surface area contributed by atoms with Gasteiger partial charge >= 0.3 is 25.2 Å². The summed E-state index contributed by atoms with van der Waals surface area (Å²) in [5, 5.41) is 0. The zero-order valence-electron chi connectivity index (χ0n) is 13.0. The van der Waals surface area contributed by atoms with E-state index < -0.39 is 7.25 Å². The lowest BCUT2D eigenvalue weighted by atomic mass is 9.86. The molecule has 6 nitrogen and oxygen atoms in total. The van der Waals surface area contributed by atoms with Gasteiger partial charge in [-0.1, -0.05) is 0 Å². The van der Waals surface area contributed by atoms with Crippen LogP contribution < -0.4 is 14.0 Å². The first-order chi connectivity index (χ1) is 10.8. The topological polar surface area (TPSA) is 57.1 Å². The Labute approximate surface area is 131 Å². The fourth-order valence-electron chi connectivity index (χ4n) is 3.08. The Hall–Kier alpha value is -1.65. The Morgan fingerprint density at radius 1 is 0.870 bits per heavy atom. The largest absolute Gasteiger partial charge is 0.673 e. The number of piperidine rings is 3. The summed E-state index contributed by atoms with van der Waals surface area (Å²) in [5.41, 5.74) is 0. The monoisotopic (exact) mass is 338 g/mol. The molecule has 0 amide bonds. The molecule has 0 N–H and O–H groups in total. The fraction of sp³-hybridized carbons (Fsp3) is 0.750. The second-order valence-corrected chi connectivity index (χ2v) is 5.65. The van der Waals surface area contributed by atoms with E-state index in [1.807, 2.05) is 0 Å². The molecule has 23 heavy (non-hydrogen) atoms. The van der Waals surface area contributed by atoms with Crippen molar-refractivity contribution in [3.63, 3.8) is 0 Å². The van der Waals surface area contributed by atoms with E-state index in [1.54, 1.807) is 14.2 Å². The van der Waals surface area contributed by atoms with Crippen molar-refractivity contribution in [2.24, 2.45) is 5.92 Å². The van der Waals surface area contributed by atoms with Gasteiger partial charge in [-0.2, -0.15) is 0 Å². The number of quaternary nitrogens is 1. The first-order valence-corrected chi connectivity index (χ1v) is 7.34. The number of ether oxygens (including phenoxy) is 2. The number of methoxy groups -OCH3 is 2. The maximum Gasteiger partial charge on any atom is 0.673 e. The Kier molecular flexibility index (Phi) is 5.28. The third-order valence-electron chi connectivity index (χ3n) is 4.27. The molecule has 0 unspecified atom stereocenters. The van der Waals surface area contributed by atoms with E-state index in [0.717, 1.165) is 36.0 Å². The molecule has 3 fully saturated rings. The summed E-state index contributed by atoms with van der Waals surface area (Å²) < 4.78 is 50.1. The first-order valence-electron chi connectivity index (χ1n) is 7.34. The van der Waals surface area contributed by atoms with E-state index in [-0.39, 0.29) is 0 Å². The maximum atomic E-state index is 9.75. The second kappa shape index (κ2) is 6.85. The van der Waals surface area contributed by atoms with Crippen LogP contribution in [0, 0.1) is 5.92 Å². The number of rotatable bonds is 3. The average Bonchev–Trinajstić information content (AvgIpc) is 2.54. The van der Waals surface area contributed by atoms with Gasteiger partial charge in [0.1, 0.15) is 0 Å². The van der Waals surface area contributed by atoms with Crippen LogP contribution in [0.5, 0.6) is 12.0 Å². The van der Waals surface area contributed by atoms with Crippen molar-refractivity contribution in [3.8, 4) is 12.0 Å². The smallest absolute Gasteiger partial charge is 0.466 e. The van der Waals surface area contributed by atoms with Crippen LogP contribution in [0.3, 0.4) is 0 Å². The van der Waals surface area contributed by atoms with Crippen LogP contribution >= 0.6 is 0 Å². The Morgan fingerprint density at radius 3 is 1.61 bits per heavy atom. The van der Waals surface area contributed by atoms with Crippen molar-refractivity contribution < 1.29 is 26.7 Å². The van der Waals surface area contributed by atoms with Crippen LogP contribution in [0.15, 0.2) is 0 Å². The van der Waals surface area contributed by atoms with Gasteiger partial charge in [0.05, 0.1) is 33.9 Å². The second-order valence-electron chi connectivity index (χ2n) is 5.65. The van der Waals surface area contributed by atoms with Crippen LogP contribution in [0.4, 0.5) is 23.2 Å². The van der Waals surface area contributed by atoms with Crippen LogP contribution in [-0.2, 0) is 0 Å². The van der Waals surface area contributed by atoms with E-state index in [1.165, 1.54) is 19.3 Å². The molecule has 4 heterocycles. The Bertz CT molecular complexity index is 496. The molecule has 3 saturated heterocycles. The zero-order chi connectivity index (χ0) is 17.1. The van der Waals surface area contributed by atoms with Gasteiger partial charge in [-0.05, 0) is 5.92 Å². The highest BCUT2D eigenvalue weighted by Crippen LogP contribution is 2.37. The predicted molar refractivity (Wildman–Crippen MR) is 76.9 cm³/mol. The average molecular weight is 338 g/mol. The number of nitrogens with zero attached hydrogens (tertiary/aromatic N) is 4. The highest BCUT2D eigenvalue weighted by atomic mass is 19.5. The predicted octanol–water partition coefficient (Wildman–Crippen LogP) is 2.31. The number of hydrogen-bond donors (Lipinski definition) is 0. The Morgan fingerprint density at radius 2 is 1.26 bits per heavy atom. The zero-order valence-corrected chi connectivity index (χ0v) is 13.0. The van der Waals surface area contributed by atoms with Crippen molar-refractivity contribution in [2.75, 3.05) is 33.9 Å². The summed E-state index contributed by atoms with van der Waals surface area (Å²) in [4.78, 5) is 12.9. The van der Waals surface area contributed by atoms with Gasteiger partial charge < -0.3 is 26.7 Å². The molecule has 0 atom stereocenters. The SMILES string of the molecule is COc1nc(OC)nc([N+]23CCC(CC2)CC3)n1.F[B-](F)(F)F. The molecule has 3 aliphatic heterocycles. The van der Waals surface area contributed by atoms with Crippen molar-refractivity contribution in [1.82, 2.24) is 19.4 Å². The van der Waals surface area contributed by atoms with Gasteiger partial charge in [0.2, 0.25) is 0 Å². The van der Waals surface area contributed by atoms with Crippen LogP contribution in [0.2, 0.25) is 0 Å². The molecule has 3 aliphatic rings. The molecule has 0 aliphatic carbocycles. The molecular weight excluding hydrogens is 319 g/mol. The minimum atomic E-state index is -6.00. The van der Waals surface area contributed by atoms with E-state index >= 15 is 0 Å². The molecule has 1 aromatic heterocycles. The first kappa shape index (κ1) is 17.7. The van der Waals surface area contributed by atoms with Crippen LogP contribution in [-0.4, -0.2) is 56.1 Å². The molecule has 1 aromatic rings. The van der Waals surface area contributed by atoms with Crippen molar-refractivity contribution >= 4 is 13.2 Å². The lowest BCUT2D eigenvalue weighted by Gasteiger charge is -2.46. The molecule has 0 aromatic carbocycles. The molecule has 4 rings (SSSR count). The van der Waals surface area contributed by atoms with Gasteiger partial charge in [0, 0.05) is 19.3 Å². The summed E-state index contributed by atoms with van der Waals surface area (Å²) in [5.74, 6) is 1.72. The maximum absolute atomic E-state index is 9.75. The van der Waals surface area contributed by atoms with Gasteiger partial charge in [0.25, 0.3) is 0 Å². The lowest BCUT2D eigenvalue weighted by molar-refractivity contribution is 0.105. The fourth-order valence-corrected chi connectivity index (χ4v) is 3.08. The summed E-state index contributed by atoms with van der Waals surface area (Å²) in [7, 11) is -2.86. The van der Waals surface area contributed by atoms with Crippen LogP contribution in [0.1, 0.15) is 19.3 Å². The third kappa shape index (κ3) is 4.66. The molecule has 0 spiro atoms. The molecule has 0 radical (unpaired) electrons. The van der Waals surface area contributed by atoms with E-state index in [9.17, 15) is 17.3 Å². The molecule has 130 valence electrons. The van der Waals surface area contributed by atoms with Crippen molar-refractivity contribution in [3.05, 3.63) is 0 Å². The molecular formula is C12H19BF4N4O2. The minimum Gasteiger partial charge on any atom is -0.466 e. The highest BCUT2D eigenvalue weighted by Gasteiger charge is 2.44. The van der Waals surface area contributed by atoms with E-state index in [0.29, 0.717) is 12.0 Å². The molecule has 2 bridgehead atoms. The van der Waals surface area contributed by atoms with Gasteiger partial charge in [-0.15, -0.1) is 15.0 Å². The molecule has 11 heteroatoms. The normalized spacial score (nSPS) is 26.3. The third-order valence-corrected chi connectivity index (χ3v) is 4.27. The summed E-state index contributed by atoms with van der Waals surface area (Å²) in [6.07, 6.45) is 3.82. The van der Waals surface area contributed by atoms with Crippen molar-refractivity contribution in [1.29, 1.82) is 0 Å². The van der Waals surface area contributed by atoms with Gasteiger partial charge in [-0.3, -0.25) is 4.48 Å². The summed E-state index contributed by atoms with van der Waals surface area (Å²) >= 11 is 0. The number of aromatic nitrogens is 3. The quantitative estimate of drug-likeness (QED) is 0.481. The minimum absolute atomic E-state index is 0.344. The van der Waals surface area contributed by atoms with Gasteiger partial charge in [-0.25, -0.2) is 0 Å². The summed E-state index contributed by atoms with van der Waals surface area (Å²) in [6, 6.07) is 0.689. The van der Waals surface area contributed by atoms with Crippen molar-refractivity contribution in [2.45, 2.75) is 19.3 Å². The van der Waals surface area contributed by atoms with Crippen LogP contribution in [0.25, 0.3) is 0 Å². The highest BCUT2D eigenvalue weighted by molar-refractivity contribution is 6.50. The van der Waals surface area contributed by atoms with E-state index in [2.05, 4.69) is 15.0 Å². The van der Waals surface area contributed by atoms with Gasteiger partial charge in [0.15, 0.2) is 0 Å². The molecule has 0 saturated carbocycles.